The van der Waals surface area contributed by atoms with Gasteiger partial charge in [-0.3, -0.25) is 9.69 Å². The topological polar surface area (TPSA) is 48.1 Å². The first-order valence-corrected chi connectivity index (χ1v) is 8.47. The van der Waals surface area contributed by atoms with E-state index in [1.54, 1.807) is 0 Å². The van der Waals surface area contributed by atoms with Gasteiger partial charge in [0.1, 0.15) is 0 Å². The molecule has 1 unspecified atom stereocenters. The van der Waals surface area contributed by atoms with Crippen molar-refractivity contribution in [1.82, 2.24) is 15.2 Å². The second-order valence-electron chi connectivity index (χ2n) is 6.57. The number of hydrogen-bond acceptors (Lipinski definition) is 2. The van der Waals surface area contributed by atoms with Gasteiger partial charge in [0.05, 0.1) is 6.04 Å². The van der Waals surface area contributed by atoms with Crippen molar-refractivity contribution in [3.63, 3.8) is 0 Å². The maximum Gasteiger partial charge on any atom is 0.237 e. The van der Waals surface area contributed by atoms with E-state index in [9.17, 15) is 4.79 Å². The summed E-state index contributed by atoms with van der Waals surface area (Å²) in [5, 5.41) is 3.21. The highest BCUT2D eigenvalue weighted by Crippen LogP contribution is 2.23. The maximum atomic E-state index is 12.5. The van der Waals surface area contributed by atoms with Crippen LogP contribution in [0, 0.1) is 5.92 Å². The van der Waals surface area contributed by atoms with Gasteiger partial charge in [0.2, 0.25) is 5.91 Å². The van der Waals surface area contributed by atoms with Gasteiger partial charge in [-0.2, -0.15) is 0 Å². The molecule has 1 aliphatic carbocycles. The molecule has 2 N–H and O–H groups in total. The molecule has 1 aliphatic heterocycles. The van der Waals surface area contributed by atoms with E-state index in [-0.39, 0.29) is 11.9 Å². The van der Waals surface area contributed by atoms with Crippen LogP contribution in [0.4, 0.5) is 0 Å². The van der Waals surface area contributed by atoms with E-state index >= 15 is 0 Å². The lowest BCUT2D eigenvalue weighted by atomic mass is 9.89. The monoisotopic (exact) mass is 289 g/mol. The summed E-state index contributed by atoms with van der Waals surface area (Å²) < 4.78 is 0. The lowest BCUT2D eigenvalue weighted by molar-refractivity contribution is -0.125. The summed E-state index contributed by atoms with van der Waals surface area (Å²) in [5.41, 5.74) is 1.20. The number of rotatable bonds is 5. The summed E-state index contributed by atoms with van der Waals surface area (Å²) in [6.45, 7) is 2.76. The zero-order chi connectivity index (χ0) is 14.5. The number of likely N-dealkylation sites (tertiary alicyclic amines) is 1. The molecule has 0 bridgehead atoms. The quantitative estimate of drug-likeness (QED) is 0.875. The van der Waals surface area contributed by atoms with Gasteiger partial charge in [-0.05, 0) is 50.3 Å². The molecule has 4 nitrogen and oxygen atoms in total. The summed E-state index contributed by atoms with van der Waals surface area (Å²) in [5.74, 6) is 0.950. The number of nitrogens with zero attached hydrogens (tertiary/aromatic N) is 1. The standard InChI is InChI=1S/C17H27N3O/c21-17(19-12-14-6-2-1-3-7-14)16-9-5-11-20(16)13-15-8-4-10-18-15/h4,8,10,14,16,18H,1-3,5-7,9,11-13H2,(H,19,21). The Morgan fingerprint density at radius 2 is 2.10 bits per heavy atom. The number of hydrogen-bond donors (Lipinski definition) is 2. The summed E-state index contributed by atoms with van der Waals surface area (Å²) in [7, 11) is 0. The van der Waals surface area contributed by atoms with Crippen LogP contribution < -0.4 is 5.32 Å². The fraction of sp³-hybridized carbons (Fsp3) is 0.706. The molecule has 0 radical (unpaired) electrons. The molecule has 2 aliphatic rings. The van der Waals surface area contributed by atoms with Crippen molar-refractivity contribution < 1.29 is 4.79 Å². The Hall–Kier alpha value is -1.29. The van der Waals surface area contributed by atoms with Crippen molar-refractivity contribution in [3.05, 3.63) is 24.0 Å². The molecular weight excluding hydrogens is 262 g/mol. The molecule has 116 valence electrons. The summed E-state index contributed by atoms with van der Waals surface area (Å²) in [4.78, 5) is 18.0. The van der Waals surface area contributed by atoms with E-state index < -0.39 is 0 Å². The Kier molecular flexibility index (Phi) is 4.96. The number of nitrogens with one attached hydrogen (secondary N) is 2. The van der Waals surface area contributed by atoms with Gasteiger partial charge < -0.3 is 10.3 Å². The van der Waals surface area contributed by atoms with Crippen LogP contribution in [0.2, 0.25) is 0 Å². The van der Waals surface area contributed by atoms with Crippen molar-refractivity contribution in [1.29, 1.82) is 0 Å². The second-order valence-corrected chi connectivity index (χ2v) is 6.57. The van der Waals surface area contributed by atoms with Crippen molar-refractivity contribution in [2.45, 2.75) is 57.5 Å². The van der Waals surface area contributed by atoms with Gasteiger partial charge in [-0.25, -0.2) is 0 Å². The Morgan fingerprint density at radius 3 is 2.86 bits per heavy atom. The third-order valence-corrected chi connectivity index (χ3v) is 4.99. The predicted octanol–water partition coefficient (Wildman–Crippen LogP) is 2.68. The fourth-order valence-electron chi connectivity index (χ4n) is 3.75. The van der Waals surface area contributed by atoms with E-state index in [0.29, 0.717) is 5.92 Å². The van der Waals surface area contributed by atoms with Crippen LogP contribution in [0.1, 0.15) is 50.6 Å². The molecule has 21 heavy (non-hydrogen) atoms. The molecule has 0 spiro atoms. The Balaban J connectivity index is 1.48. The van der Waals surface area contributed by atoms with Crippen LogP contribution >= 0.6 is 0 Å². The minimum atomic E-state index is 0.0666. The van der Waals surface area contributed by atoms with E-state index in [0.717, 1.165) is 32.5 Å². The minimum Gasteiger partial charge on any atom is -0.364 e. The lowest BCUT2D eigenvalue weighted by Gasteiger charge is -2.26. The Bertz CT molecular complexity index is 437. The molecule has 1 saturated carbocycles. The largest absolute Gasteiger partial charge is 0.364 e. The molecule has 0 aromatic carbocycles. The highest BCUT2D eigenvalue weighted by atomic mass is 16.2. The number of carbonyl (C=O) groups is 1. The van der Waals surface area contributed by atoms with Crippen LogP contribution in [-0.2, 0) is 11.3 Å². The molecular formula is C17H27N3O. The number of aromatic amines is 1. The minimum absolute atomic E-state index is 0.0666. The fourth-order valence-corrected chi connectivity index (χ4v) is 3.75. The third-order valence-electron chi connectivity index (χ3n) is 4.99. The molecule has 1 saturated heterocycles. The van der Waals surface area contributed by atoms with Crippen molar-refractivity contribution >= 4 is 5.91 Å². The number of aromatic nitrogens is 1. The van der Waals surface area contributed by atoms with Gasteiger partial charge in [0, 0.05) is 25.0 Å². The number of H-pyrrole nitrogens is 1. The molecule has 1 aromatic rings. The Morgan fingerprint density at radius 1 is 1.24 bits per heavy atom. The highest BCUT2D eigenvalue weighted by molar-refractivity contribution is 5.82. The molecule has 2 heterocycles. The van der Waals surface area contributed by atoms with Gasteiger partial charge >= 0.3 is 0 Å². The van der Waals surface area contributed by atoms with E-state index in [2.05, 4.69) is 21.3 Å². The first kappa shape index (κ1) is 14.6. The lowest BCUT2D eigenvalue weighted by Crippen LogP contribution is -2.44. The molecule has 3 rings (SSSR count). The van der Waals surface area contributed by atoms with E-state index in [4.69, 9.17) is 0 Å². The highest BCUT2D eigenvalue weighted by Gasteiger charge is 2.30. The Labute approximate surface area is 127 Å². The van der Waals surface area contributed by atoms with E-state index in [1.807, 2.05) is 12.3 Å². The SMILES string of the molecule is O=C(NCC1CCCCC1)C1CCCN1Cc1ccc[nH]1. The molecule has 1 aromatic heterocycles. The van der Waals surface area contributed by atoms with Crippen LogP contribution in [-0.4, -0.2) is 34.9 Å². The normalized spacial score (nSPS) is 24.3. The van der Waals surface area contributed by atoms with Crippen LogP contribution in [0.25, 0.3) is 0 Å². The maximum absolute atomic E-state index is 12.5. The second kappa shape index (κ2) is 7.12. The van der Waals surface area contributed by atoms with Crippen molar-refractivity contribution in [3.8, 4) is 0 Å². The first-order chi connectivity index (χ1) is 10.3. The van der Waals surface area contributed by atoms with Crippen molar-refractivity contribution in [2.24, 2.45) is 5.92 Å². The van der Waals surface area contributed by atoms with Crippen LogP contribution in [0.3, 0.4) is 0 Å². The average Bonchev–Trinajstić information content (AvgIpc) is 3.18. The summed E-state index contributed by atoms with van der Waals surface area (Å²) in [6.07, 6.45) is 10.7. The van der Waals surface area contributed by atoms with E-state index in [1.165, 1.54) is 37.8 Å². The average molecular weight is 289 g/mol. The van der Waals surface area contributed by atoms with Gasteiger partial charge in [0.25, 0.3) is 0 Å². The smallest absolute Gasteiger partial charge is 0.237 e. The molecule has 1 amide bonds. The van der Waals surface area contributed by atoms with Crippen LogP contribution in [0.15, 0.2) is 18.3 Å². The van der Waals surface area contributed by atoms with Crippen LogP contribution in [0.5, 0.6) is 0 Å². The van der Waals surface area contributed by atoms with Crippen molar-refractivity contribution in [2.75, 3.05) is 13.1 Å². The summed E-state index contributed by atoms with van der Waals surface area (Å²) >= 11 is 0. The third kappa shape index (κ3) is 3.88. The molecule has 1 atom stereocenters. The van der Waals surface area contributed by atoms with Gasteiger partial charge in [0.15, 0.2) is 0 Å². The number of carbonyl (C=O) groups excluding carboxylic acids is 1. The molecule has 4 heteroatoms. The zero-order valence-corrected chi connectivity index (χ0v) is 12.8. The first-order valence-electron chi connectivity index (χ1n) is 8.47. The number of amides is 1. The van der Waals surface area contributed by atoms with Gasteiger partial charge in [-0.1, -0.05) is 19.3 Å². The zero-order valence-electron chi connectivity index (χ0n) is 12.8. The predicted molar refractivity (Wildman–Crippen MR) is 83.8 cm³/mol. The van der Waals surface area contributed by atoms with Gasteiger partial charge in [-0.15, -0.1) is 0 Å². The summed E-state index contributed by atoms with van der Waals surface area (Å²) in [6, 6.07) is 4.18. The molecule has 2 fully saturated rings.